The van der Waals surface area contributed by atoms with Crippen LogP contribution in [0, 0.1) is 0 Å². The van der Waals surface area contributed by atoms with Gasteiger partial charge in [-0.3, -0.25) is 0 Å². The molecule has 16 heavy (non-hydrogen) atoms. The molecule has 0 saturated carbocycles. The van der Waals surface area contributed by atoms with Crippen LogP contribution in [-0.4, -0.2) is 5.79 Å². The molecule has 0 saturated heterocycles. The van der Waals surface area contributed by atoms with Crippen LogP contribution >= 0.6 is 31.9 Å². The number of rotatable bonds is 1. The third-order valence-corrected chi connectivity index (χ3v) is 2.81. The molecule has 2 nitrogen and oxygen atoms in total. The SMILES string of the molecule is CC1(C)OCc2c(C=C(Br)Br)cccc2O1. The first kappa shape index (κ1) is 12.1. The number of halogens is 2. The summed E-state index contributed by atoms with van der Waals surface area (Å²) in [4.78, 5) is 0. The lowest BCUT2D eigenvalue weighted by molar-refractivity contribution is -0.180. The van der Waals surface area contributed by atoms with Crippen molar-refractivity contribution >= 4 is 37.9 Å². The smallest absolute Gasteiger partial charge is 0.205 e. The van der Waals surface area contributed by atoms with Crippen LogP contribution in [0.2, 0.25) is 0 Å². The summed E-state index contributed by atoms with van der Waals surface area (Å²) in [7, 11) is 0. The van der Waals surface area contributed by atoms with Gasteiger partial charge in [-0.15, -0.1) is 0 Å². The van der Waals surface area contributed by atoms with E-state index in [0.29, 0.717) is 6.61 Å². The molecule has 0 aliphatic carbocycles. The van der Waals surface area contributed by atoms with Crippen LogP contribution in [0.15, 0.2) is 21.6 Å². The molecular formula is C12H12Br2O2. The molecule has 1 aliphatic heterocycles. The van der Waals surface area contributed by atoms with Crippen LogP contribution in [0.25, 0.3) is 6.08 Å². The Morgan fingerprint density at radius 1 is 1.38 bits per heavy atom. The Hall–Kier alpha value is -0.320. The van der Waals surface area contributed by atoms with Gasteiger partial charge in [-0.05, 0) is 49.6 Å². The maximum atomic E-state index is 5.76. The van der Waals surface area contributed by atoms with Crippen LogP contribution < -0.4 is 4.74 Å². The van der Waals surface area contributed by atoms with Crippen molar-refractivity contribution in [1.82, 2.24) is 0 Å². The van der Waals surface area contributed by atoms with Gasteiger partial charge < -0.3 is 9.47 Å². The molecule has 0 radical (unpaired) electrons. The van der Waals surface area contributed by atoms with Crippen molar-refractivity contribution in [2.45, 2.75) is 26.2 Å². The van der Waals surface area contributed by atoms with Crippen molar-refractivity contribution in [3.63, 3.8) is 0 Å². The predicted molar refractivity (Wildman–Crippen MR) is 71.8 cm³/mol. The Morgan fingerprint density at radius 2 is 2.12 bits per heavy atom. The summed E-state index contributed by atoms with van der Waals surface area (Å²) in [5.74, 6) is 0.354. The molecule has 1 aromatic rings. The topological polar surface area (TPSA) is 18.5 Å². The first-order valence-electron chi connectivity index (χ1n) is 4.95. The second-order valence-corrected chi connectivity index (χ2v) is 6.82. The number of benzene rings is 1. The predicted octanol–water partition coefficient (Wildman–Crippen LogP) is 4.42. The molecule has 0 bridgehead atoms. The minimum absolute atomic E-state index is 0.541. The van der Waals surface area contributed by atoms with Gasteiger partial charge in [0.25, 0.3) is 0 Å². The van der Waals surface area contributed by atoms with Gasteiger partial charge in [-0.2, -0.15) is 0 Å². The van der Waals surface area contributed by atoms with E-state index in [4.69, 9.17) is 9.47 Å². The Balaban J connectivity index is 2.43. The van der Waals surface area contributed by atoms with Gasteiger partial charge in [0.2, 0.25) is 5.79 Å². The van der Waals surface area contributed by atoms with Gasteiger partial charge in [0.15, 0.2) is 0 Å². The van der Waals surface area contributed by atoms with E-state index < -0.39 is 5.79 Å². The molecule has 0 aromatic heterocycles. The number of fused-ring (bicyclic) bond motifs is 1. The fourth-order valence-corrected chi connectivity index (χ4v) is 2.12. The highest BCUT2D eigenvalue weighted by molar-refractivity contribution is 9.28. The third kappa shape index (κ3) is 2.67. The first-order chi connectivity index (χ1) is 7.48. The summed E-state index contributed by atoms with van der Waals surface area (Å²) in [6, 6.07) is 5.99. The van der Waals surface area contributed by atoms with Gasteiger partial charge in [0, 0.05) is 19.4 Å². The lowest BCUT2D eigenvalue weighted by atomic mass is 10.1. The molecule has 1 aromatic carbocycles. The van der Waals surface area contributed by atoms with Crippen LogP contribution in [-0.2, 0) is 11.3 Å². The van der Waals surface area contributed by atoms with E-state index in [1.165, 1.54) is 0 Å². The van der Waals surface area contributed by atoms with E-state index in [1.807, 2.05) is 38.1 Å². The maximum absolute atomic E-state index is 5.76. The fourth-order valence-electron chi connectivity index (χ4n) is 1.63. The lowest BCUT2D eigenvalue weighted by Gasteiger charge is -2.33. The van der Waals surface area contributed by atoms with Gasteiger partial charge in [-0.1, -0.05) is 12.1 Å². The zero-order valence-corrected chi connectivity index (χ0v) is 12.3. The molecule has 0 amide bonds. The molecule has 0 spiro atoms. The summed E-state index contributed by atoms with van der Waals surface area (Å²) in [5.41, 5.74) is 2.18. The van der Waals surface area contributed by atoms with E-state index in [1.54, 1.807) is 0 Å². The minimum Gasteiger partial charge on any atom is -0.463 e. The Labute approximate surface area is 112 Å². The zero-order valence-electron chi connectivity index (χ0n) is 9.09. The highest BCUT2D eigenvalue weighted by Crippen LogP contribution is 2.34. The summed E-state index contributed by atoms with van der Waals surface area (Å²) in [6.45, 7) is 4.40. The summed E-state index contributed by atoms with van der Waals surface area (Å²) in [6.07, 6.45) is 1.99. The Morgan fingerprint density at radius 3 is 2.81 bits per heavy atom. The Kier molecular flexibility index (Phi) is 3.42. The van der Waals surface area contributed by atoms with Gasteiger partial charge in [-0.25, -0.2) is 0 Å². The largest absolute Gasteiger partial charge is 0.463 e. The van der Waals surface area contributed by atoms with Crippen LogP contribution in [0.1, 0.15) is 25.0 Å². The van der Waals surface area contributed by atoms with E-state index in [9.17, 15) is 0 Å². The number of hydrogen-bond acceptors (Lipinski definition) is 2. The highest BCUT2D eigenvalue weighted by Gasteiger charge is 2.28. The molecule has 4 heteroatoms. The standard InChI is InChI=1S/C12H12Br2O2/c1-12(2)15-7-9-8(6-11(13)14)4-3-5-10(9)16-12/h3-6H,7H2,1-2H3. The molecule has 0 atom stereocenters. The van der Waals surface area contributed by atoms with Crippen molar-refractivity contribution in [1.29, 1.82) is 0 Å². The second-order valence-electron chi connectivity index (χ2n) is 4.05. The van der Waals surface area contributed by atoms with Crippen molar-refractivity contribution in [3.05, 3.63) is 32.7 Å². The van der Waals surface area contributed by atoms with E-state index >= 15 is 0 Å². The van der Waals surface area contributed by atoms with Crippen LogP contribution in [0.4, 0.5) is 0 Å². The van der Waals surface area contributed by atoms with Gasteiger partial charge in [0.05, 0.1) is 10.00 Å². The molecule has 1 heterocycles. The summed E-state index contributed by atoms with van der Waals surface area (Å²) in [5, 5.41) is 0. The van der Waals surface area contributed by atoms with Crippen molar-refractivity contribution < 1.29 is 9.47 Å². The van der Waals surface area contributed by atoms with Crippen LogP contribution in [0.3, 0.4) is 0 Å². The Bertz CT molecular complexity index is 435. The van der Waals surface area contributed by atoms with E-state index in [-0.39, 0.29) is 0 Å². The fraction of sp³-hybridized carbons (Fsp3) is 0.333. The van der Waals surface area contributed by atoms with Gasteiger partial charge >= 0.3 is 0 Å². The van der Waals surface area contributed by atoms with Crippen molar-refractivity contribution in [2.75, 3.05) is 0 Å². The van der Waals surface area contributed by atoms with E-state index in [2.05, 4.69) is 31.9 Å². The second kappa shape index (κ2) is 4.51. The van der Waals surface area contributed by atoms with Crippen molar-refractivity contribution in [3.8, 4) is 5.75 Å². The average molecular weight is 348 g/mol. The molecule has 0 unspecified atom stereocenters. The van der Waals surface area contributed by atoms with E-state index in [0.717, 1.165) is 20.3 Å². The monoisotopic (exact) mass is 346 g/mol. The third-order valence-electron chi connectivity index (χ3n) is 2.35. The number of ether oxygens (including phenoxy) is 2. The highest BCUT2D eigenvalue weighted by atomic mass is 79.9. The first-order valence-corrected chi connectivity index (χ1v) is 6.54. The molecule has 0 N–H and O–H groups in total. The van der Waals surface area contributed by atoms with Gasteiger partial charge in [0.1, 0.15) is 5.75 Å². The zero-order chi connectivity index (χ0) is 11.8. The normalized spacial score (nSPS) is 17.2. The minimum atomic E-state index is -0.541. The summed E-state index contributed by atoms with van der Waals surface area (Å²) >= 11 is 6.72. The quantitative estimate of drug-likeness (QED) is 0.748. The summed E-state index contributed by atoms with van der Waals surface area (Å²) < 4.78 is 12.3. The molecule has 0 fully saturated rings. The molecular weight excluding hydrogens is 336 g/mol. The lowest BCUT2D eigenvalue weighted by Crippen LogP contribution is -2.35. The molecule has 1 aliphatic rings. The molecule has 86 valence electrons. The van der Waals surface area contributed by atoms with Crippen molar-refractivity contribution in [2.24, 2.45) is 0 Å². The average Bonchev–Trinajstić information content (AvgIpc) is 2.15. The number of hydrogen-bond donors (Lipinski definition) is 0. The maximum Gasteiger partial charge on any atom is 0.205 e. The van der Waals surface area contributed by atoms with Crippen LogP contribution in [0.5, 0.6) is 5.75 Å². The molecule has 2 rings (SSSR count).